The van der Waals surface area contributed by atoms with Crippen molar-refractivity contribution in [3.05, 3.63) is 23.8 Å². The quantitative estimate of drug-likeness (QED) is 0.857. The molecule has 0 fully saturated rings. The highest BCUT2D eigenvalue weighted by Crippen LogP contribution is 2.38. The SMILES string of the molecule is COc1cccc(C(C)(C)CO)c1OC(C)C. The molecule has 0 aliphatic heterocycles. The average molecular weight is 238 g/mol. The van der Waals surface area contributed by atoms with Gasteiger partial charge >= 0.3 is 0 Å². The lowest BCUT2D eigenvalue weighted by Crippen LogP contribution is -2.24. The fourth-order valence-corrected chi connectivity index (χ4v) is 1.65. The van der Waals surface area contributed by atoms with Gasteiger partial charge in [0.1, 0.15) is 0 Å². The van der Waals surface area contributed by atoms with Gasteiger partial charge in [-0.1, -0.05) is 26.0 Å². The van der Waals surface area contributed by atoms with Crippen molar-refractivity contribution in [1.29, 1.82) is 0 Å². The number of hydrogen-bond donors (Lipinski definition) is 1. The third-order valence-corrected chi connectivity index (χ3v) is 2.68. The predicted molar refractivity (Wildman–Crippen MR) is 68.9 cm³/mol. The number of hydrogen-bond acceptors (Lipinski definition) is 3. The van der Waals surface area contributed by atoms with E-state index in [1.807, 2.05) is 45.9 Å². The molecule has 0 aromatic heterocycles. The van der Waals surface area contributed by atoms with Gasteiger partial charge in [0.2, 0.25) is 0 Å². The van der Waals surface area contributed by atoms with Crippen molar-refractivity contribution in [1.82, 2.24) is 0 Å². The topological polar surface area (TPSA) is 38.7 Å². The highest BCUT2D eigenvalue weighted by atomic mass is 16.5. The van der Waals surface area contributed by atoms with Crippen LogP contribution in [0.3, 0.4) is 0 Å². The summed E-state index contributed by atoms with van der Waals surface area (Å²) in [6.45, 7) is 7.98. The molecule has 3 nitrogen and oxygen atoms in total. The van der Waals surface area contributed by atoms with E-state index in [-0.39, 0.29) is 18.1 Å². The Morgan fingerprint density at radius 1 is 1.29 bits per heavy atom. The Kier molecular flexibility index (Phi) is 4.40. The molecule has 3 heteroatoms. The van der Waals surface area contributed by atoms with Gasteiger partial charge in [-0.3, -0.25) is 0 Å². The third-order valence-electron chi connectivity index (χ3n) is 2.68. The van der Waals surface area contributed by atoms with Crippen LogP contribution in [0, 0.1) is 0 Å². The van der Waals surface area contributed by atoms with Gasteiger partial charge in [-0.25, -0.2) is 0 Å². The Hall–Kier alpha value is -1.22. The van der Waals surface area contributed by atoms with Crippen LogP contribution in [0.25, 0.3) is 0 Å². The Bertz CT molecular complexity index is 370. The van der Waals surface area contributed by atoms with Crippen LogP contribution < -0.4 is 9.47 Å². The largest absolute Gasteiger partial charge is 0.493 e. The Morgan fingerprint density at radius 2 is 1.94 bits per heavy atom. The second kappa shape index (κ2) is 5.41. The van der Waals surface area contributed by atoms with Gasteiger partial charge < -0.3 is 14.6 Å². The van der Waals surface area contributed by atoms with E-state index < -0.39 is 0 Å². The molecule has 0 aliphatic carbocycles. The zero-order chi connectivity index (χ0) is 13.1. The maximum Gasteiger partial charge on any atom is 0.165 e. The van der Waals surface area contributed by atoms with Crippen LogP contribution in [-0.2, 0) is 5.41 Å². The maximum atomic E-state index is 9.47. The van der Waals surface area contributed by atoms with E-state index in [0.29, 0.717) is 5.75 Å². The minimum absolute atomic E-state index is 0.0641. The zero-order valence-electron chi connectivity index (χ0n) is 11.3. The molecule has 0 heterocycles. The number of aliphatic hydroxyl groups excluding tert-OH is 1. The number of ether oxygens (including phenoxy) is 2. The molecule has 0 spiro atoms. The lowest BCUT2D eigenvalue weighted by Gasteiger charge is -2.27. The summed E-state index contributed by atoms with van der Waals surface area (Å²) in [6, 6.07) is 5.75. The summed E-state index contributed by atoms with van der Waals surface area (Å²) in [5, 5.41) is 9.47. The van der Waals surface area contributed by atoms with E-state index in [9.17, 15) is 5.11 Å². The minimum Gasteiger partial charge on any atom is -0.493 e. The second-order valence-corrected chi connectivity index (χ2v) is 5.05. The van der Waals surface area contributed by atoms with Crippen LogP contribution in [0.2, 0.25) is 0 Å². The third kappa shape index (κ3) is 3.13. The molecule has 0 saturated carbocycles. The van der Waals surface area contributed by atoms with Crippen LogP contribution in [0.5, 0.6) is 11.5 Å². The Balaban J connectivity index is 3.28. The summed E-state index contributed by atoms with van der Waals surface area (Å²) in [7, 11) is 1.62. The van der Waals surface area contributed by atoms with Gasteiger partial charge in [-0.15, -0.1) is 0 Å². The Labute approximate surface area is 103 Å². The van der Waals surface area contributed by atoms with Gasteiger partial charge in [0.15, 0.2) is 11.5 Å². The molecular weight excluding hydrogens is 216 g/mol. The lowest BCUT2D eigenvalue weighted by molar-refractivity contribution is 0.197. The van der Waals surface area contributed by atoms with E-state index in [0.717, 1.165) is 11.3 Å². The first-order valence-electron chi connectivity index (χ1n) is 5.87. The van der Waals surface area contributed by atoms with Gasteiger partial charge in [0, 0.05) is 11.0 Å². The van der Waals surface area contributed by atoms with E-state index in [1.54, 1.807) is 7.11 Å². The van der Waals surface area contributed by atoms with Crippen molar-refractivity contribution >= 4 is 0 Å². The summed E-state index contributed by atoms with van der Waals surface area (Å²) in [5.41, 5.74) is 0.617. The highest BCUT2D eigenvalue weighted by Gasteiger charge is 2.26. The van der Waals surface area contributed by atoms with Gasteiger partial charge in [0.05, 0.1) is 19.8 Å². The van der Waals surface area contributed by atoms with E-state index in [2.05, 4.69) is 0 Å². The van der Waals surface area contributed by atoms with E-state index in [4.69, 9.17) is 9.47 Å². The van der Waals surface area contributed by atoms with E-state index in [1.165, 1.54) is 0 Å². The molecule has 1 N–H and O–H groups in total. The molecule has 0 bridgehead atoms. The zero-order valence-corrected chi connectivity index (χ0v) is 11.3. The fraction of sp³-hybridized carbons (Fsp3) is 0.571. The molecule has 96 valence electrons. The molecule has 1 aromatic rings. The first kappa shape index (κ1) is 13.8. The van der Waals surface area contributed by atoms with Crippen molar-refractivity contribution in [2.45, 2.75) is 39.2 Å². The second-order valence-electron chi connectivity index (χ2n) is 5.05. The van der Waals surface area contributed by atoms with Crippen LogP contribution >= 0.6 is 0 Å². The lowest BCUT2D eigenvalue weighted by atomic mass is 9.84. The normalized spacial score (nSPS) is 11.7. The summed E-state index contributed by atoms with van der Waals surface area (Å²) in [5.74, 6) is 1.43. The van der Waals surface area contributed by atoms with Crippen molar-refractivity contribution in [3.63, 3.8) is 0 Å². The van der Waals surface area contributed by atoms with Crippen LogP contribution in [-0.4, -0.2) is 24.9 Å². The number of methoxy groups -OCH3 is 1. The fourth-order valence-electron chi connectivity index (χ4n) is 1.65. The average Bonchev–Trinajstić information content (AvgIpc) is 2.28. The standard InChI is InChI=1S/C14H22O3/c1-10(2)17-13-11(14(3,4)9-15)7-6-8-12(13)16-5/h6-8,10,15H,9H2,1-5H3. The molecule has 0 unspecified atom stereocenters. The van der Waals surface area contributed by atoms with Crippen molar-refractivity contribution < 1.29 is 14.6 Å². The van der Waals surface area contributed by atoms with Crippen molar-refractivity contribution in [3.8, 4) is 11.5 Å². The molecule has 0 radical (unpaired) electrons. The summed E-state index contributed by atoms with van der Waals surface area (Å²) < 4.78 is 11.1. The van der Waals surface area contributed by atoms with Crippen LogP contribution in [0.15, 0.2) is 18.2 Å². The van der Waals surface area contributed by atoms with E-state index >= 15 is 0 Å². The Morgan fingerprint density at radius 3 is 2.41 bits per heavy atom. The molecule has 0 saturated heterocycles. The van der Waals surface area contributed by atoms with Crippen LogP contribution in [0.1, 0.15) is 33.3 Å². The minimum atomic E-state index is -0.348. The number of para-hydroxylation sites is 1. The molecular formula is C14H22O3. The molecule has 0 atom stereocenters. The monoisotopic (exact) mass is 238 g/mol. The summed E-state index contributed by atoms with van der Waals surface area (Å²) in [4.78, 5) is 0. The van der Waals surface area contributed by atoms with Gasteiger partial charge in [-0.05, 0) is 19.9 Å². The highest BCUT2D eigenvalue weighted by molar-refractivity contribution is 5.50. The van der Waals surface area contributed by atoms with Crippen molar-refractivity contribution in [2.75, 3.05) is 13.7 Å². The number of aliphatic hydroxyl groups is 1. The maximum absolute atomic E-state index is 9.47. The molecule has 0 aliphatic rings. The number of rotatable bonds is 5. The van der Waals surface area contributed by atoms with Crippen molar-refractivity contribution in [2.24, 2.45) is 0 Å². The van der Waals surface area contributed by atoms with Gasteiger partial charge in [-0.2, -0.15) is 0 Å². The van der Waals surface area contributed by atoms with Crippen LogP contribution in [0.4, 0.5) is 0 Å². The molecule has 0 amide bonds. The molecule has 17 heavy (non-hydrogen) atoms. The summed E-state index contributed by atoms with van der Waals surface area (Å²) in [6.07, 6.45) is 0.0690. The summed E-state index contributed by atoms with van der Waals surface area (Å²) >= 11 is 0. The number of benzene rings is 1. The smallest absolute Gasteiger partial charge is 0.165 e. The predicted octanol–water partition coefficient (Wildman–Crippen LogP) is 2.75. The first-order chi connectivity index (χ1) is 7.92. The first-order valence-corrected chi connectivity index (χ1v) is 5.87. The molecule has 1 rings (SSSR count). The van der Waals surface area contributed by atoms with Gasteiger partial charge in [0.25, 0.3) is 0 Å². The molecule has 1 aromatic carbocycles.